The summed E-state index contributed by atoms with van der Waals surface area (Å²) >= 11 is 1.91. The van der Waals surface area contributed by atoms with Crippen molar-refractivity contribution in [3.8, 4) is 44.5 Å². The van der Waals surface area contributed by atoms with Gasteiger partial charge in [0.25, 0.3) is 0 Å². The molecule has 1 aromatic heterocycles. The van der Waals surface area contributed by atoms with E-state index in [0.717, 1.165) is 17.1 Å². The summed E-state index contributed by atoms with van der Waals surface area (Å²) in [5.74, 6) is 0. The van der Waals surface area contributed by atoms with Gasteiger partial charge in [-0.05, 0) is 108 Å². The smallest absolute Gasteiger partial charge is 0.0714 e. The normalized spacial score (nSPS) is 12.6. The minimum atomic E-state index is -0.532. The minimum absolute atomic E-state index is 0.532. The first-order valence-electron chi connectivity index (χ1n) is 23.1. The molecule has 12 aromatic rings. The zero-order valence-corrected chi connectivity index (χ0v) is 37.5. The Morgan fingerprint density at radius 3 is 1.54 bits per heavy atom. The van der Waals surface area contributed by atoms with Crippen LogP contribution in [0.1, 0.15) is 22.3 Å². The molecule has 1 aliphatic rings. The van der Waals surface area contributed by atoms with Gasteiger partial charge < -0.3 is 4.90 Å². The topological polar surface area (TPSA) is 3.24 Å². The van der Waals surface area contributed by atoms with E-state index in [2.05, 4.69) is 266 Å². The lowest BCUT2D eigenvalue weighted by Gasteiger charge is -2.34. The number of fused-ring (bicyclic) bond motifs is 8. The molecule has 0 atom stereocenters. The molecule has 0 radical (unpaired) electrons. The second kappa shape index (κ2) is 16.0. The van der Waals surface area contributed by atoms with Gasteiger partial charge in [0, 0.05) is 37.1 Å². The van der Waals surface area contributed by atoms with E-state index in [-0.39, 0.29) is 0 Å². The van der Waals surface area contributed by atoms with Gasteiger partial charge in [-0.3, -0.25) is 0 Å². The Hall–Kier alpha value is -8.30. The van der Waals surface area contributed by atoms with E-state index in [1.807, 2.05) is 11.3 Å². The Balaban J connectivity index is 1.06. The summed E-state index contributed by atoms with van der Waals surface area (Å²) in [4.78, 5) is 2.51. The van der Waals surface area contributed by atoms with Crippen molar-refractivity contribution in [3.05, 3.63) is 283 Å². The molecule has 2 heteroatoms. The van der Waals surface area contributed by atoms with E-state index in [9.17, 15) is 0 Å². The third-order valence-corrected chi connectivity index (χ3v) is 15.2. The predicted octanol–water partition coefficient (Wildman–Crippen LogP) is 18.0. The second-order valence-corrected chi connectivity index (χ2v) is 18.6. The first-order chi connectivity index (χ1) is 33.2. The summed E-state index contributed by atoms with van der Waals surface area (Å²) in [7, 11) is 0. The molecule has 0 unspecified atom stereocenters. The Morgan fingerprint density at radius 1 is 0.313 bits per heavy atom. The lowest BCUT2D eigenvalue weighted by atomic mass is 9.68. The molecule has 0 fully saturated rings. The molecule has 0 spiro atoms. The van der Waals surface area contributed by atoms with Crippen LogP contribution in [-0.4, -0.2) is 0 Å². The van der Waals surface area contributed by atoms with Gasteiger partial charge in [0.2, 0.25) is 0 Å². The number of anilines is 3. The monoisotopic (exact) mass is 869 g/mol. The van der Waals surface area contributed by atoms with Gasteiger partial charge in [0.05, 0.1) is 11.1 Å². The van der Waals surface area contributed by atoms with Crippen LogP contribution < -0.4 is 4.90 Å². The molecule has 13 rings (SSSR count). The summed E-state index contributed by atoms with van der Waals surface area (Å²) in [6.07, 6.45) is 0. The lowest BCUT2D eigenvalue weighted by molar-refractivity contribution is 0.768. The van der Waals surface area contributed by atoms with Gasteiger partial charge in [0.1, 0.15) is 0 Å². The maximum atomic E-state index is 2.51. The number of hydrogen-bond donors (Lipinski definition) is 0. The van der Waals surface area contributed by atoms with Crippen LogP contribution in [0, 0.1) is 0 Å². The van der Waals surface area contributed by atoms with Gasteiger partial charge in [-0.25, -0.2) is 0 Å². The van der Waals surface area contributed by atoms with Gasteiger partial charge in [-0.2, -0.15) is 0 Å². The Labute approximate surface area is 395 Å². The highest BCUT2D eigenvalue weighted by Gasteiger charge is 2.47. The van der Waals surface area contributed by atoms with Crippen molar-refractivity contribution in [1.82, 2.24) is 0 Å². The van der Waals surface area contributed by atoms with E-state index in [1.165, 1.54) is 97.7 Å². The first kappa shape index (κ1) is 39.1. The zero-order valence-electron chi connectivity index (χ0n) is 36.7. The van der Waals surface area contributed by atoms with Crippen LogP contribution in [0.2, 0.25) is 0 Å². The number of benzene rings is 11. The molecule has 0 amide bonds. The molecular weight excluding hydrogens is 827 g/mol. The van der Waals surface area contributed by atoms with Crippen molar-refractivity contribution in [2.24, 2.45) is 0 Å². The zero-order chi connectivity index (χ0) is 44.3. The molecule has 0 bridgehead atoms. The Kier molecular flexibility index (Phi) is 9.33. The second-order valence-electron chi connectivity index (χ2n) is 17.6. The van der Waals surface area contributed by atoms with Crippen LogP contribution in [-0.2, 0) is 5.41 Å². The van der Waals surface area contributed by atoms with Crippen molar-refractivity contribution >= 4 is 59.3 Å². The molecule has 1 heterocycles. The van der Waals surface area contributed by atoms with E-state index >= 15 is 0 Å². The van der Waals surface area contributed by atoms with Crippen molar-refractivity contribution < 1.29 is 0 Å². The molecular formula is C65H43NS. The van der Waals surface area contributed by atoms with Crippen molar-refractivity contribution in [2.45, 2.75) is 5.41 Å². The number of nitrogens with zero attached hydrogens (tertiary/aromatic N) is 1. The standard InChI is InChI=1S/C65H43NS/c1-5-19-44(20-6-1)48-41-49(45-21-7-2-8-22-45)43-53(42-48)66(52-38-35-47(36-39-52)55-30-17-31-56-57-40-37-46-23-13-14-28-54(46)64(57)67-63(55)56)61-34-18-33-60-62(61)58-29-15-16-32-59(58)65(60,50-24-9-3-10-25-50)51-26-11-4-12-27-51/h1-43H. The summed E-state index contributed by atoms with van der Waals surface area (Å²) in [6.45, 7) is 0. The van der Waals surface area contributed by atoms with Crippen LogP contribution in [0.4, 0.5) is 17.1 Å². The molecule has 0 saturated carbocycles. The Morgan fingerprint density at radius 2 is 0.851 bits per heavy atom. The van der Waals surface area contributed by atoms with Crippen molar-refractivity contribution in [1.29, 1.82) is 0 Å². The van der Waals surface area contributed by atoms with Gasteiger partial charge in [0.15, 0.2) is 0 Å². The molecule has 67 heavy (non-hydrogen) atoms. The molecule has 0 saturated heterocycles. The van der Waals surface area contributed by atoms with Gasteiger partial charge in [-0.1, -0.05) is 224 Å². The van der Waals surface area contributed by atoms with E-state index in [4.69, 9.17) is 0 Å². The van der Waals surface area contributed by atoms with Gasteiger partial charge in [-0.15, -0.1) is 11.3 Å². The van der Waals surface area contributed by atoms with Gasteiger partial charge >= 0.3 is 0 Å². The first-order valence-corrected chi connectivity index (χ1v) is 23.9. The summed E-state index contributed by atoms with van der Waals surface area (Å²) in [5.41, 5.74) is 17.5. The third kappa shape index (κ3) is 6.29. The quantitative estimate of drug-likeness (QED) is 0.147. The van der Waals surface area contributed by atoms with E-state index in [1.54, 1.807) is 0 Å². The number of rotatable bonds is 8. The number of hydrogen-bond acceptors (Lipinski definition) is 2. The average Bonchev–Trinajstić information content (AvgIpc) is 3.95. The maximum Gasteiger partial charge on any atom is 0.0714 e. The molecule has 11 aromatic carbocycles. The molecule has 1 nitrogen and oxygen atoms in total. The fourth-order valence-corrected chi connectivity index (χ4v) is 12.3. The van der Waals surface area contributed by atoms with Crippen LogP contribution in [0.5, 0.6) is 0 Å². The summed E-state index contributed by atoms with van der Waals surface area (Å²) in [6, 6.07) is 96.3. The summed E-state index contributed by atoms with van der Waals surface area (Å²) in [5, 5.41) is 5.21. The van der Waals surface area contributed by atoms with Crippen LogP contribution >= 0.6 is 11.3 Å². The lowest BCUT2D eigenvalue weighted by Crippen LogP contribution is -2.28. The average molecular weight is 870 g/mol. The molecule has 1 aliphatic carbocycles. The van der Waals surface area contributed by atoms with E-state index < -0.39 is 5.41 Å². The molecule has 0 aliphatic heterocycles. The van der Waals surface area contributed by atoms with Crippen molar-refractivity contribution in [2.75, 3.05) is 4.90 Å². The highest BCUT2D eigenvalue weighted by molar-refractivity contribution is 7.27. The Bertz CT molecular complexity index is 3680. The highest BCUT2D eigenvalue weighted by Crippen LogP contribution is 2.59. The minimum Gasteiger partial charge on any atom is -0.310 e. The summed E-state index contributed by atoms with van der Waals surface area (Å²) < 4.78 is 2.66. The highest BCUT2D eigenvalue weighted by atomic mass is 32.1. The van der Waals surface area contributed by atoms with Crippen LogP contribution in [0.25, 0.3) is 75.5 Å². The largest absolute Gasteiger partial charge is 0.310 e. The molecule has 0 N–H and O–H groups in total. The predicted molar refractivity (Wildman–Crippen MR) is 285 cm³/mol. The number of thiophene rings is 1. The fraction of sp³-hybridized carbons (Fsp3) is 0.0154. The maximum absolute atomic E-state index is 2.51. The fourth-order valence-electron chi connectivity index (χ4n) is 11.0. The SMILES string of the molecule is c1ccc(-c2cc(-c3ccccc3)cc(N(c3ccc(-c4cccc5c4sc4c6ccccc6ccc54)cc3)c3cccc4c3-c3ccccc3C4(c3ccccc3)c3ccccc3)c2)cc1. The van der Waals surface area contributed by atoms with Crippen LogP contribution in [0.3, 0.4) is 0 Å². The molecule has 314 valence electrons. The van der Waals surface area contributed by atoms with Crippen LogP contribution in [0.15, 0.2) is 261 Å². The third-order valence-electron chi connectivity index (χ3n) is 13.9. The van der Waals surface area contributed by atoms with Crippen molar-refractivity contribution in [3.63, 3.8) is 0 Å². The van der Waals surface area contributed by atoms with E-state index in [0.29, 0.717) is 0 Å².